The average Bonchev–Trinajstić information content (AvgIpc) is 2.81. The van der Waals surface area contributed by atoms with Crippen molar-refractivity contribution in [2.45, 2.75) is 161 Å². The van der Waals surface area contributed by atoms with Crippen LogP contribution >= 0.6 is 0 Å². The maximum atomic E-state index is 10.7. The maximum Gasteiger partial charge on any atom is 0.130 e. The van der Waals surface area contributed by atoms with Gasteiger partial charge < -0.3 is 19.2 Å². The van der Waals surface area contributed by atoms with Gasteiger partial charge in [-0.15, -0.1) is 0 Å². The van der Waals surface area contributed by atoms with Crippen molar-refractivity contribution >= 4 is 23.1 Å². The van der Waals surface area contributed by atoms with Crippen molar-refractivity contribution in [3.8, 4) is 0 Å². The van der Waals surface area contributed by atoms with E-state index >= 15 is 0 Å². The first-order chi connectivity index (χ1) is 17.5. The minimum atomic E-state index is 0.313. The van der Waals surface area contributed by atoms with Crippen LogP contribution in [0.5, 0.6) is 0 Å². The quantitative estimate of drug-likeness (QED) is 0.195. The summed E-state index contributed by atoms with van der Waals surface area (Å²) in [6.45, 7) is 28.3. The first-order valence-electron chi connectivity index (χ1n) is 15.5. The minimum Gasteiger partial charge on any atom is -0.300 e. The number of rotatable bonds is 16. The lowest BCUT2D eigenvalue weighted by Crippen LogP contribution is -2.10. The highest BCUT2D eigenvalue weighted by atomic mass is 16.1. The molecule has 0 bridgehead atoms. The van der Waals surface area contributed by atoms with Gasteiger partial charge in [-0.3, -0.25) is 0 Å². The Balaban J connectivity index is -0.000000203. The molecule has 0 saturated carbocycles. The molecular weight excluding hydrogens is 472 g/mol. The molecule has 0 radical (unpaired) electrons. The van der Waals surface area contributed by atoms with E-state index in [1.807, 2.05) is 0 Å². The van der Waals surface area contributed by atoms with Gasteiger partial charge in [0, 0.05) is 25.7 Å². The van der Waals surface area contributed by atoms with Crippen molar-refractivity contribution in [2.24, 2.45) is 35.5 Å². The van der Waals surface area contributed by atoms with Crippen LogP contribution in [0.1, 0.15) is 161 Å². The number of carbonyl (C=O) groups excluding carboxylic acids is 4. The summed E-state index contributed by atoms with van der Waals surface area (Å²) in [5.74, 6) is 5.05. The zero-order valence-electron chi connectivity index (χ0n) is 28.2. The first-order valence-corrected chi connectivity index (χ1v) is 15.5. The third-order valence-corrected chi connectivity index (χ3v) is 7.55. The normalized spacial score (nSPS) is 14.9. The van der Waals surface area contributed by atoms with E-state index in [0.717, 1.165) is 32.1 Å². The maximum absolute atomic E-state index is 10.7. The van der Waals surface area contributed by atoms with E-state index in [2.05, 4.69) is 69.2 Å². The van der Waals surface area contributed by atoms with E-state index in [1.54, 1.807) is 27.7 Å². The predicted molar refractivity (Wildman–Crippen MR) is 167 cm³/mol. The zero-order chi connectivity index (χ0) is 30.8. The van der Waals surface area contributed by atoms with Crippen molar-refractivity contribution in [3.63, 3.8) is 0 Å². The molecule has 0 aromatic rings. The Kier molecular flexibility index (Phi) is 33.0. The zero-order valence-corrected chi connectivity index (χ0v) is 28.2. The van der Waals surface area contributed by atoms with Crippen LogP contribution in [-0.4, -0.2) is 23.1 Å². The molecule has 38 heavy (non-hydrogen) atoms. The molecule has 0 aromatic heterocycles. The number of ketones is 4. The van der Waals surface area contributed by atoms with E-state index in [4.69, 9.17) is 0 Å². The van der Waals surface area contributed by atoms with Gasteiger partial charge in [-0.1, -0.05) is 101 Å². The number of Topliss-reactive ketones (excluding diaryl/α,β-unsaturated/α-hetero) is 4. The average molecular weight is 541 g/mol. The summed E-state index contributed by atoms with van der Waals surface area (Å²) in [4.78, 5) is 42.3. The second-order valence-electron chi connectivity index (χ2n) is 12.1. The van der Waals surface area contributed by atoms with Gasteiger partial charge in [0.25, 0.3) is 0 Å². The molecule has 0 heterocycles. The fourth-order valence-electron chi connectivity index (χ4n) is 3.85. The molecule has 0 fully saturated rings. The van der Waals surface area contributed by atoms with Gasteiger partial charge in [-0.05, 0) is 69.6 Å². The van der Waals surface area contributed by atoms with Gasteiger partial charge in [0.2, 0.25) is 0 Å². The van der Waals surface area contributed by atoms with E-state index in [9.17, 15) is 19.2 Å². The lowest BCUT2D eigenvalue weighted by atomic mass is 9.90. The SMILES string of the molecule is CCC(C)C(C)CC(C)=O.CCC(C)C(C)CC(C)=O.CCC(C)CCC(C)=O.CCCC(C)CC(C)=O. The lowest BCUT2D eigenvalue weighted by Gasteiger charge is -2.15. The van der Waals surface area contributed by atoms with Crippen LogP contribution in [0.15, 0.2) is 0 Å². The van der Waals surface area contributed by atoms with Crippen molar-refractivity contribution < 1.29 is 19.2 Å². The highest BCUT2D eigenvalue weighted by Crippen LogP contribution is 2.18. The summed E-state index contributed by atoms with van der Waals surface area (Å²) in [6, 6.07) is 0. The third kappa shape index (κ3) is 36.8. The summed E-state index contributed by atoms with van der Waals surface area (Å²) < 4.78 is 0. The van der Waals surface area contributed by atoms with Crippen LogP contribution in [-0.2, 0) is 19.2 Å². The summed E-state index contributed by atoms with van der Waals surface area (Å²) in [7, 11) is 0. The van der Waals surface area contributed by atoms with E-state index in [-0.39, 0.29) is 0 Å². The van der Waals surface area contributed by atoms with Crippen LogP contribution in [0.4, 0.5) is 0 Å². The molecule has 4 nitrogen and oxygen atoms in total. The van der Waals surface area contributed by atoms with Crippen LogP contribution < -0.4 is 0 Å². The Morgan fingerprint density at radius 1 is 0.447 bits per heavy atom. The van der Waals surface area contributed by atoms with Crippen LogP contribution in [0.25, 0.3) is 0 Å². The molecule has 6 atom stereocenters. The van der Waals surface area contributed by atoms with E-state index in [0.29, 0.717) is 58.6 Å². The molecule has 0 rings (SSSR count). The van der Waals surface area contributed by atoms with Crippen molar-refractivity contribution in [1.82, 2.24) is 0 Å². The van der Waals surface area contributed by atoms with Gasteiger partial charge >= 0.3 is 0 Å². The molecule has 0 spiro atoms. The molecule has 6 unspecified atom stereocenters. The molecule has 0 aromatic carbocycles. The van der Waals surface area contributed by atoms with Crippen molar-refractivity contribution in [3.05, 3.63) is 0 Å². The van der Waals surface area contributed by atoms with Crippen LogP contribution in [0, 0.1) is 35.5 Å². The molecule has 0 aliphatic carbocycles. The fraction of sp³-hybridized carbons (Fsp3) is 0.882. The summed E-state index contributed by atoms with van der Waals surface area (Å²) in [6.07, 6.45) is 9.98. The van der Waals surface area contributed by atoms with Crippen LogP contribution in [0.2, 0.25) is 0 Å². The Hall–Kier alpha value is -1.32. The van der Waals surface area contributed by atoms with Gasteiger partial charge in [-0.2, -0.15) is 0 Å². The number of hydrogen-bond acceptors (Lipinski definition) is 4. The third-order valence-electron chi connectivity index (χ3n) is 7.55. The minimum absolute atomic E-state index is 0.313. The second kappa shape index (κ2) is 28.7. The molecule has 0 aliphatic heterocycles. The lowest BCUT2D eigenvalue weighted by molar-refractivity contribution is -0.119. The fourth-order valence-corrected chi connectivity index (χ4v) is 3.85. The summed E-state index contributed by atoms with van der Waals surface area (Å²) in [5.41, 5.74) is 0. The van der Waals surface area contributed by atoms with Gasteiger partial charge in [0.15, 0.2) is 0 Å². The molecule has 228 valence electrons. The summed E-state index contributed by atoms with van der Waals surface area (Å²) >= 11 is 0. The highest BCUT2D eigenvalue weighted by Gasteiger charge is 2.12. The molecule has 0 saturated heterocycles. The molecular formula is C34H68O4. The topological polar surface area (TPSA) is 68.3 Å². The Morgan fingerprint density at radius 3 is 1.05 bits per heavy atom. The molecule has 4 heteroatoms. The first kappa shape index (κ1) is 43.7. The van der Waals surface area contributed by atoms with Gasteiger partial charge in [-0.25, -0.2) is 0 Å². The summed E-state index contributed by atoms with van der Waals surface area (Å²) in [5, 5.41) is 0. The smallest absolute Gasteiger partial charge is 0.130 e. The highest BCUT2D eigenvalue weighted by molar-refractivity contribution is 5.76. The van der Waals surface area contributed by atoms with E-state index < -0.39 is 0 Å². The monoisotopic (exact) mass is 541 g/mol. The Morgan fingerprint density at radius 2 is 0.816 bits per heavy atom. The number of hydrogen-bond donors (Lipinski definition) is 0. The molecule has 0 aliphatic rings. The van der Waals surface area contributed by atoms with Crippen molar-refractivity contribution in [2.75, 3.05) is 0 Å². The number of carbonyl (C=O) groups is 4. The van der Waals surface area contributed by atoms with Crippen LogP contribution in [0.3, 0.4) is 0 Å². The van der Waals surface area contributed by atoms with Gasteiger partial charge in [0.05, 0.1) is 0 Å². The Labute approximate surface area is 238 Å². The second-order valence-corrected chi connectivity index (χ2v) is 12.1. The van der Waals surface area contributed by atoms with Crippen molar-refractivity contribution in [1.29, 1.82) is 0 Å². The van der Waals surface area contributed by atoms with E-state index in [1.165, 1.54) is 32.1 Å². The predicted octanol–water partition coefficient (Wildman–Crippen LogP) is 10.1. The largest absolute Gasteiger partial charge is 0.300 e. The Bertz CT molecular complexity index is 567. The standard InChI is InChI=1S/2C9H18O.2C8H16O/c2*1-5-7(2)8(3)6-9(4)10;1-4-7(2)5-6-8(3)9;1-4-5-7(2)6-8(3)9/h2*7-8H,5-6H2,1-4H3;2*7H,4-6H2,1-3H3. The molecule has 0 N–H and O–H groups in total. The molecule has 0 amide bonds. The van der Waals surface area contributed by atoms with Gasteiger partial charge in [0.1, 0.15) is 23.1 Å².